The zero-order chi connectivity index (χ0) is 16.5. The molecular weight excluding hydrogens is 294 g/mol. The van der Waals surface area contributed by atoms with Gasteiger partial charge in [0.25, 0.3) is 0 Å². The molecule has 1 saturated carbocycles. The Labute approximate surface area is 137 Å². The average molecular weight is 322 g/mol. The maximum atomic E-state index is 9.54. The van der Waals surface area contributed by atoms with E-state index < -0.39 is 0 Å². The summed E-state index contributed by atoms with van der Waals surface area (Å²) in [6.45, 7) is 2.86. The van der Waals surface area contributed by atoms with Crippen molar-refractivity contribution < 1.29 is 24.6 Å². The van der Waals surface area contributed by atoms with Crippen molar-refractivity contribution in [3.05, 3.63) is 23.8 Å². The van der Waals surface area contributed by atoms with Crippen molar-refractivity contribution in [2.75, 3.05) is 27.4 Å². The highest BCUT2D eigenvalue weighted by Crippen LogP contribution is 2.41. The van der Waals surface area contributed by atoms with E-state index in [2.05, 4.69) is 24.4 Å². The van der Waals surface area contributed by atoms with Crippen LogP contribution in [0.5, 0.6) is 11.5 Å². The molecule has 1 spiro atoms. The highest BCUT2D eigenvalue weighted by molar-refractivity contribution is 5.44. The number of rotatable bonds is 4. The lowest BCUT2D eigenvalue weighted by atomic mass is 9.79. The summed E-state index contributed by atoms with van der Waals surface area (Å²) in [6.07, 6.45) is 4.21. The first kappa shape index (κ1) is 16.6. The summed E-state index contributed by atoms with van der Waals surface area (Å²) in [5.41, 5.74) is 0.987. The second kappa shape index (κ2) is 6.30. The summed E-state index contributed by atoms with van der Waals surface area (Å²) in [5.74, 6) is 2.09. The zero-order valence-electron chi connectivity index (χ0n) is 14.3. The molecule has 0 radical (unpaired) electrons. The minimum absolute atomic E-state index is 0.134. The maximum absolute atomic E-state index is 9.54. The third-order valence-electron chi connectivity index (χ3n) is 5.37. The van der Waals surface area contributed by atoms with E-state index >= 15 is 0 Å². The number of hydrogen-bond acceptors (Lipinski definition) is 4. The molecule has 3 N–H and O–H groups in total. The van der Waals surface area contributed by atoms with Crippen LogP contribution in [-0.4, -0.2) is 43.8 Å². The number of ether oxygens (including phenoxy) is 3. The molecular formula is C18H28NO4+. The molecule has 1 aliphatic carbocycles. The largest absolute Gasteiger partial charge is 0.493 e. The first-order valence-electron chi connectivity index (χ1n) is 8.37. The number of aliphatic hydroxyl groups excluding tert-OH is 1. The molecule has 0 amide bonds. The number of nitrogens with two attached hydrogens (primary N) is 1. The summed E-state index contributed by atoms with van der Waals surface area (Å²) >= 11 is 0. The van der Waals surface area contributed by atoms with Crippen LogP contribution in [0.15, 0.2) is 18.2 Å². The molecule has 23 heavy (non-hydrogen) atoms. The first-order chi connectivity index (χ1) is 11.0. The molecule has 1 atom stereocenters. The molecule has 5 heteroatoms. The van der Waals surface area contributed by atoms with E-state index in [0.717, 1.165) is 37.2 Å². The van der Waals surface area contributed by atoms with Gasteiger partial charge in [-0.3, -0.25) is 0 Å². The Morgan fingerprint density at radius 1 is 1.22 bits per heavy atom. The van der Waals surface area contributed by atoms with Crippen LogP contribution in [0.4, 0.5) is 0 Å². The Bertz CT molecular complexity index is 554. The Morgan fingerprint density at radius 2 is 1.91 bits per heavy atom. The van der Waals surface area contributed by atoms with Crippen molar-refractivity contribution >= 4 is 0 Å². The predicted molar refractivity (Wildman–Crippen MR) is 86.9 cm³/mol. The summed E-state index contributed by atoms with van der Waals surface area (Å²) in [6, 6.07) is 6.22. The maximum Gasteiger partial charge on any atom is 0.200 e. The summed E-state index contributed by atoms with van der Waals surface area (Å²) in [5, 5.41) is 11.8. The number of quaternary nitrogens is 1. The zero-order valence-corrected chi connectivity index (χ0v) is 14.3. The van der Waals surface area contributed by atoms with Crippen LogP contribution in [0, 0.1) is 0 Å². The van der Waals surface area contributed by atoms with E-state index in [-0.39, 0.29) is 17.9 Å². The normalized spacial score (nSPS) is 33.8. The van der Waals surface area contributed by atoms with Crippen molar-refractivity contribution in [1.82, 2.24) is 0 Å². The van der Waals surface area contributed by atoms with E-state index in [1.54, 1.807) is 14.2 Å². The Hall–Kier alpha value is -1.30. The van der Waals surface area contributed by atoms with Gasteiger partial charge < -0.3 is 24.6 Å². The Balaban J connectivity index is 1.68. The van der Waals surface area contributed by atoms with Crippen LogP contribution in [0.25, 0.3) is 0 Å². The van der Waals surface area contributed by atoms with Gasteiger partial charge in [-0.05, 0) is 43.4 Å². The van der Waals surface area contributed by atoms with Crippen molar-refractivity contribution in [3.8, 4) is 11.5 Å². The van der Waals surface area contributed by atoms with E-state index in [0.29, 0.717) is 12.5 Å². The summed E-state index contributed by atoms with van der Waals surface area (Å²) < 4.78 is 16.8. The van der Waals surface area contributed by atoms with Gasteiger partial charge in [-0.2, -0.15) is 0 Å². The molecule has 1 aliphatic heterocycles. The summed E-state index contributed by atoms with van der Waals surface area (Å²) in [4.78, 5) is 0. The van der Waals surface area contributed by atoms with Crippen molar-refractivity contribution in [1.29, 1.82) is 0 Å². The molecule has 0 bridgehead atoms. The molecule has 3 rings (SSSR count). The van der Waals surface area contributed by atoms with Crippen molar-refractivity contribution in [3.63, 3.8) is 0 Å². The monoisotopic (exact) mass is 322 g/mol. The van der Waals surface area contributed by atoms with E-state index in [4.69, 9.17) is 14.2 Å². The molecule has 1 aromatic carbocycles. The fraction of sp³-hybridized carbons (Fsp3) is 0.667. The molecule has 2 fully saturated rings. The van der Waals surface area contributed by atoms with Gasteiger partial charge in [0.1, 0.15) is 12.1 Å². The Kier molecular flexibility index (Phi) is 4.54. The van der Waals surface area contributed by atoms with Crippen LogP contribution in [0.2, 0.25) is 0 Å². The van der Waals surface area contributed by atoms with Gasteiger partial charge in [0.05, 0.1) is 20.8 Å². The highest BCUT2D eigenvalue weighted by atomic mass is 16.5. The van der Waals surface area contributed by atoms with E-state index in [1.807, 2.05) is 6.07 Å². The standard InChI is InChI=1S/C18H27NO4/c1-17(11-20)12-23-18(19-17)8-6-13(7-9-18)14-4-5-15(21-2)16(10-14)22-3/h4-5,10,13,19-20H,6-9,11-12H2,1-3H3/p+1/t13?,17-,18?/m1/s1. The van der Waals surface area contributed by atoms with Crippen molar-refractivity contribution in [2.45, 2.75) is 49.8 Å². The molecule has 0 aromatic heterocycles. The third-order valence-corrected chi connectivity index (χ3v) is 5.37. The topological polar surface area (TPSA) is 64.5 Å². The smallest absolute Gasteiger partial charge is 0.200 e. The fourth-order valence-electron chi connectivity index (χ4n) is 3.95. The van der Waals surface area contributed by atoms with Gasteiger partial charge in [0.15, 0.2) is 11.5 Å². The number of methoxy groups -OCH3 is 2. The van der Waals surface area contributed by atoms with Crippen molar-refractivity contribution in [2.24, 2.45) is 0 Å². The minimum atomic E-state index is -0.184. The molecule has 1 heterocycles. The molecule has 1 aromatic rings. The van der Waals surface area contributed by atoms with E-state index in [1.165, 1.54) is 5.56 Å². The van der Waals surface area contributed by atoms with Gasteiger partial charge >= 0.3 is 0 Å². The van der Waals surface area contributed by atoms with Crippen LogP contribution in [-0.2, 0) is 4.74 Å². The lowest BCUT2D eigenvalue weighted by Crippen LogP contribution is -3.03. The lowest BCUT2D eigenvalue weighted by molar-refractivity contribution is -0.787. The third kappa shape index (κ3) is 3.18. The summed E-state index contributed by atoms with van der Waals surface area (Å²) in [7, 11) is 3.34. The molecule has 128 valence electrons. The highest BCUT2D eigenvalue weighted by Gasteiger charge is 2.51. The number of hydrogen-bond donors (Lipinski definition) is 2. The van der Waals surface area contributed by atoms with Gasteiger partial charge in [-0.1, -0.05) is 6.07 Å². The SMILES string of the molecule is COc1ccc(C2CCC3(CC2)[NH2+][C@](C)(CO)CO3)cc1OC. The van der Waals surface area contributed by atoms with Crippen LogP contribution in [0.3, 0.4) is 0 Å². The minimum Gasteiger partial charge on any atom is -0.493 e. The van der Waals surface area contributed by atoms with Crippen LogP contribution < -0.4 is 14.8 Å². The fourth-order valence-corrected chi connectivity index (χ4v) is 3.95. The first-order valence-corrected chi connectivity index (χ1v) is 8.37. The number of aliphatic hydroxyl groups is 1. The van der Waals surface area contributed by atoms with Gasteiger partial charge in [0, 0.05) is 12.8 Å². The van der Waals surface area contributed by atoms with Gasteiger partial charge in [-0.15, -0.1) is 0 Å². The van der Waals surface area contributed by atoms with Crippen LogP contribution in [0.1, 0.15) is 44.1 Å². The van der Waals surface area contributed by atoms with Crippen LogP contribution >= 0.6 is 0 Å². The molecule has 0 unspecified atom stereocenters. The number of benzene rings is 1. The predicted octanol–water partition coefficient (Wildman–Crippen LogP) is 1.40. The van der Waals surface area contributed by atoms with E-state index in [9.17, 15) is 5.11 Å². The lowest BCUT2D eigenvalue weighted by Gasteiger charge is -2.35. The second-order valence-corrected chi connectivity index (χ2v) is 7.20. The molecule has 5 nitrogen and oxygen atoms in total. The molecule has 2 aliphatic rings. The molecule has 1 saturated heterocycles. The Morgan fingerprint density at radius 3 is 2.48 bits per heavy atom. The quantitative estimate of drug-likeness (QED) is 0.879. The average Bonchev–Trinajstić information content (AvgIpc) is 2.92. The van der Waals surface area contributed by atoms with Gasteiger partial charge in [0.2, 0.25) is 5.72 Å². The second-order valence-electron chi connectivity index (χ2n) is 7.20. The van der Waals surface area contributed by atoms with Gasteiger partial charge in [-0.25, -0.2) is 0 Å².